The number of ether oxygens (including phenoxy) is 2. The SMILES string of the molecule is CCc1cc(C(C#N)CCOc2ccccc2C)ccc1OC. The third kappa shape index (κ3) is 4.26. The monoisotopic (exact) mass is 309 g/mol. The van der Waals surface area contributed by atoms with Crippen molar-refractivity contribution in [3.8, 4) is 17.6 Å². The summed E-state index contributed by atoms with van der Waals surface area (Å²) in [5.41, 5.74) is 3.27. The molecule has 0 aliphatic heterocycles. The molecule has 0 N–H and O–H groups in total. The van der Waals surface area contributed by atoms with Gasteiger partial charge in [-0.15, -0.1) is 0 Å². The summed E-state index contributed by atoms with van der Waals surface area (Å²) in [5.74, 6) is 1.59. The van der Waals surface area contributed by atoms with E-state index in [1.807, 2.05) is 43.3 Å². The van der Waals surface area contributed by atoms with Gasteiger partial charge in [0.15, 0.2) is 0 Å². The number of para-hydroxylation sites is 1. The van der Waals surface area contributed by atoms with Crippen LogP contribution in [0.1, 0.15) is 36.0 Å². The van der Waals surface area contributed by atoms with Crippen LogP contribution in [0, 0.1) is 18.3 Å². The first kappa shape index (κ1) is 16.9. The van der Waals surface area contributed by atoms with E-state index in [4.69, 9.17) is 9.47 Å². The van der Waals surface area contributed by atoms with Crippen molar-refractivity contribution in [2.45, 2.75) is 32.6 Å². The van der Waals surface area contributed by atoms with E-state index in [2.05, 4.69) is 19.1 Å². The zero-order valence-electron chi connectivity index (χ0n) is 14.0. The molecule has 0 fully saturated rings. The molecule has 1 unspecified atom stereocenters. The Kier molecular flexibility index (Phi) is 6.05. The molecule has 120 valence electrons. The van der Waals surface area contributed by atoms with Gasteiger partial charge >= 0.3 is 0 Å². The molecule has 0 heterocycles. The Hall–Kier alpha value is -2.47. The van der Waals surface area contributed by atoms with Crippen molar-refractivity contribution < 1.29 is 9.47 Å². The summed E-state index contributed by atoms with van der Waals surface area (Å²) in [7, 11) is 1.67. The van der Waals surface area contributed by atoms with Crippen LogP contribution in [0.25, 0.3) is 0 Å². The van der Waals surface area contributed by atoms with Gasteiger partial charge < -0.3 is 9.47 Å². The Morgan fingerprint density at radius 3 is 2.57 bits per heavy atom. The average Bonchev–Trinajstić information content (AvgIpc) is 2.59. The van der Waals surface area contributed by atoms with Crippen molar-refractivity contribution in [1.29, 1.82) is 5.26 Å². The Morgan fingerprint density at radius 1 is 1.13 bits per heavy atom. The van der Waals surface area contributed by atoms with E-state index in [0.717, 1.165) is 34.6 Å². The van der Waals surface area contributed by atoms with Crippen molar-refractivity contribution in [3.05, 3.63) is 59.2 Å². The number of methoxy groups -OCH3 is 1. The van der Waals surface area contributed by atoms with Gasteiger partial charge in [-0.2, -0.15) is 5.26 Å². The third-order valence-electron chi connectivity index (χ3n) is 4.00. The lowest BCUT2D eigenvalue weighted by Gasteiger charge is -2.14. The standard InChI is InChI=1S/C20H23NO2/c1-4-16-13-17(9-10-20(16)22-3)18(14-21)11-12-23-19-8-6-5-7-15(19)2/h5-10,13,18H,4,11-12H2,1-3H3. The van der Waals surface area contributed by atoms with E-state index in [0.29, 0.717) is 13.0 Å². The Morgan fingerprint density at radius 2 is 1.91 bits per heavy atom. The van der Waals surface area contributed by atoms with Gasteiger partial charge in [-0.05, 0) is 42.2 Å². The van der Waals surface area contributed by atoms with Crippen molar-refractivity contribution in [2.75, 3.05) is 13.7 Å². The zero-order valence-corrected chi connectivity index (χ0v) is 14.0. The van der Waals surface area contributed by atoms with Crippen molar-refractivity contribution in [3.63, 3.8) is 0 Å². The smallest absolute Gasteiger partial charge is 0.122 e. The molecule has 2 rings (SSSR count). The molecule has 0 amide bonds. The number of rotatable bonds is 7. The summed E-state index contributed by atoms with van der Waals surface area (Å²) in [6.45, 7) is 4.63. The molecule has 1 atom stereocenters. The summed E-state index contributed by atoms with van der Waals surface area (Å²) in [4.78, 5) is 0. The molecule has 0 aromatic heterocycles. The number of hydrogen-bond donors (Lipinski definition) is 0. The quantitative estimate of drug-likeness (QED) is 0.748. The molecule has 3 nitrogen and oxygen atoms in total. The second-order valence-corrected chi connectivity index (χ2v) is 5.51. The van der Waals surface area contributed by atoms with Crippen LogP contribution in [0.3, 0.4) is 0 Å². The minimum atomic E-state index is -0.171. The molecule has 0 spiro atoms. The molecule has 23 heavy (non-hydrogen) atoms. The normalized spacial score (nSPS) is 11.6. The average molecular weight is 309 g/mol. The fraction of sp³-hybridized carbons (Fsp3) is 0.350. The number of nitriles is 1. The first-order valence-electron chi connectivity index (χ1n) is 7.94. The van der Waals surface area contributed by atoms with Crippen LogP contribution in [0.2, 0.25) is 0 Å². The van der Waals surface area contributed by atoms with Crippen LogP contribution in [0.4, 0.5) is 0 Å². The maximum Gasteiger partial charge on any atom is 0.122 e. The first-order chi connectivity index (χ1) is 11.2. The van der Waals surface area contributed by atoms with Gasteiger partial charge in [0.25, 0.3) is 0 Å². The molecule has 0 aliphatic rings. The molecular formula is C20H23NO2. The minimum Gasteiger partial charge on any atom is -0.496 e. The predicted octanol–water partition coefficient (Wildman–Crippen LogP) is 4.64. The fourth-order valence-corrected chi connectivity index (χ4v) is 2.60. The molecular weight excluding hydrogens is 286 g/mol. The van der Waals surface area contributed by atoms with Gasteiger partial charge in [0.1, 0.15) is 11.5 Å². The summed E-state index contributed by atoms with van der Waals surface area (Å²) < 4.78 is 11.2. The van der Waals surface area contributed by atoms with E-state index in [1.165, 1.54) is 0 Å². The Balaban J connectivity index is 2.03. The fourth-order valence-electron chi connectivity index (χ4n) is 2.60. The van der Waals surface area contributed by atoms with E-state index in [1.54, 1.807) is 7.11 Å². The highest BCUT2D eigenvalue weighted by molar-refractivity contribution is 5.40. The maximum absolute atomic E-state index is 9.48. The minimum absolute atomic E-state index is 0.171. The van der Waals surface area contributed by atoms with Crippen LogP contribution in [0.5, 0.6) is 11.5 Å². The highest BCUT2D eigenvalue weighted by Crippen LogP contribution is 2.27. The highest BCUT2D eigenvalue weighted by atomic mass is 16.5. The van der Waals surface area contributed by atoms with Crippen LogP contribution in [0.15, 0.2) is 42.5 Å². The van der Waals surface area contributed by atoms with Crippen molar-refractivity contribution in [1.82, 2.24) is 0 Å². The molecule has 0 aliphatic carbocycles. The lowest BCUT2D eigenvalue weighted by atomic mass is 9.95. The second-order valence-electron chi connectivity index (χ2n) is 5.51. The number of benzene rings is 2. The summed E-state index contributed by atoms with van der Waals surface area (Å²) in [6, 6.07) is 16.3. The van der Waals surface area contributed by atoms with E-state index < -0.39 is 0 Å². The largest absolute Gasteiger partial charge is 0.496 e. The predicted molar refractivity (Wildman–Crippen MR) is 92.0 cm³/mol. The lowest BCUT2D eigenvalue weighted by Crippen LogP contribution is -2.06. The van der Waals surface area contributed by atoms with Gasteiger partial charge in [0.05, 0.1) is 25.7 Å². The number of aryl methyl sites for hydroxylation is 2. The van der Waals surface area contributed by atoms with Crippen LogP contribution >= 0.6 is 0 Å². The molecule has 3 heteroatoms. The second kappa shape index (κ2) is 8.24. The summed E-state index contributed by atoms with van der Waals surface area (Å²) in [5, 5.41) is 9.48. The molecule has 2 aromatic rings. The molecule has 0 saturated heterocycles. The molecule has 2 aromatic carbocycles. The van der Waals surface area contributed by atoms with E-state index >= 15 is 0 Å². The van der Waals surface area contributed by atoms with Gasteiger partial charge in [-0.25, -0.2) is 0 Å². The Labute approximate surface area is 138 Å². The van der Waals surface area contributed by atoms with Gasteiger partial charge in [0, 0.05) is 6.42 Å². The van der Waals surface area contributed by atoms with Gasteiger partial charge in [-0.1, -0.05) is 37.3 Å². The maximum atomic E-state index is 9.48. The first-order valence-corrected chi connectivity index (χ1v) is 7.94. The highest BCUT2D eigenvalue weighted by Gasteiger charge is 2.13. The summed E-state index contributed by atoms with van der Waals surface area (Å²) >= 11 is 0. The molecule has 0 bridgehead atoms. The van der Waals surface area contributed by atoms with Crippen molar-refractivity contribution in [2.24, 2.45) is 0 Å². The topological polar surface area (TPSA) is 42.2 Å². The molecule has 0 radical (unpaired) electrons. The number of nitrogens with zero attached hydrogens (tertiary/aromatic N) is 1. The molecule has 0 saturated carbocycles. The summed E-state index contributed by atoms with van der Waals surface area (Å²) in [6.07, 6.45) is 1.55. The van der Waals surface area contributed by atoms with Crippen LogP contribution in [-0.4, -0.2) is 13.7 Å². The van der Waals surface area contributed by atoms with E-state index in [9.17, 15) is 5.26 Å². The van der Waals surface area contributed by atoms with Gasteiger partial charge in [0.2, 0.25) is 0 Å². The Bertz CT molecular complexity index is 688. The van der Waals surface area contributed by atoms with E-state index in [-0.39, 0.29) is 5.92 Å². The number of hydrogen-bond acceptors (Lipinski definition) is 3. The van der Waals surface area contributed by atoms with Crippen LogP contribution in [-0.2, 0) is 6.42 Å². The van der Waals surface area contributed by atoms with Gasteiger partial charge in [-0.3, -0.25) is 0 Å². The van der Waals surface area contributed by atoms with Crippen LogP contribution < -0.4 is 9.47 Å². The third-order valence-corrected chi connectivity index (χ3v) is 4.00. The van der Waals surface area contributed by atoms with Crippen molar-refractivity contribution >= 4 is 0 Å². The lowest BCUT2D eigenvalue weighted by molar-refractivity contribution is 0.304. The zero-order chi connectivity index (χ0) is 16.7.